The van der Waals surface area contributed by atoms with Crippen LogP contribution in [0.15, 0.2) is 12.3 Å². The van der Waals surface area contributed by atoms with Crippen LogP contribution in [0.4, 0.5) is 5.82 Å². The summed E-state index contributed by atoms with van der Waals surface area (Å²) in [7, 11) is 2.17. The van der Waals surface area contributed by atoms with Crippen molar-refractivity contribution in [3.8, 4) is 0 Å². The van der Waals surface area contributed by atoms with E-state index in [9.17, 15) is 0 Å². The average molecular weight is 191 g/mol. The van der Waals surface area contributed by atoms with Gasteiger partial charge < -0.3 is 5.73 Å². The van der Waals surface area contributed by atoms with E-state index in [1.165, 1.54) is 30.5 Å². The summed E-state index contributed by atoms with van der Waals surface area (Å²) in [4.78, 5) is 6.56. The summed E-state index contributed by atoms with van der Waals surface area (Å²) in [5.74, 6) is 0.617. The van der Waals surface area contributed by atoms with Crippen LogP contribution in [0.1, 0.15) is 30.0 Å². The van der Waals surface area contributed by atoms with Crippen LogP contribution in [0.25, 0.3) is 0 Å². The Bertz CT molecular complexity index is 335. The van der Waals surface area contributed by atoms with Crippen LogP contribution in [0.5, 0.6) is 0 Å². The number of nitrogen functional groups attached to an aromatic ring is 1. The fourth-order valence-electron chi connectivity index (χ4n) is 2.24. The van der Waals surface area contributed by atoms with Gasteiger partial charge in [0.05, 0.1) is 0 Å². The molecule has 0 aromatic carbocycles. The van der Waals surface area contributed by atoms with Crippen molar-refractivity contribution < 1.29 is 0 Å². The fourth-order valence-corrected chi connectivity index (χ4v) is 2.24. The van der Waals surface area contributed by atoms with E-state index < -0.39 is 0 Å². The molecule has 1 aliphatic heterocycles. The molecule has 76 valence electrons. The van der Waals surface area contributed by atoms with Crippen LogP contribution in [0.3, 0.4) is 0 Å². The second kappa shape index (κ2) is 3.58. The van der Waals surface area contributed by atoms with E-state index in [-0.39, 0.29) is 0 Å². The zero-order valence-corrected chi connectivity index (χ0v) is 8.83. The molecule has 14 heavy (non-hydrogen) atoms. The molecule has 1 fully saturated rings. The Morgan fingerprint density at radius 2 is 2.36 bits per heavy atom. The Morgan fingerprint density at radius 1 is 1.57 bits per heavy atom. The zero-order valence-electron chi connectivity index (χ0n) is 8.83. The largest absolute Gasteiger partial charge is 0.384 e. The standard InChI is InChI=1S/C11H17N3/c1-8-6-11(12)13-7-9(8)10-4-3-5-14(10)2/h6-7,10H,3-5H2,1-2H3,(H2,12,13)/t10-/m1/s1. The van der Waals surface area contributed by atoms with E-state index >= 15 is 0 Å². The average Bonchev–Trinajstić information content (AvgIpc) is 2.52. The first-order valence-electron chi connectivity index (χ1n) is 5.11. The molecule has 0 radical (unpaired) electrons. The minimum Gasteiger partial charge on any atom is -0.384 e. The smallest absolute Gasteiger partial charge is 0.123 e. The monoisotopic (exact) mass is 191 g/mol. The number of aryl methyl sites for hydroxylation is 1. The highest BCUT2D eigenvalue weighted by molar-refractivity contribution is 5.37. The summed E-state index contributed by atoms with van der Waals surface area (Å²) in [6.45, 7) is 3.30. The third-order valence-electron chi connectivity index (χ3n) is 3.05. The van der Waals surface area contributed by atoms with Crippen LogP contribution in [-0.4, -0.2) is 23.5 Å². The summed E-state index contributed by atoms with van der Waals surface area (Å²) >= 11 is 0. The molecular formula is C11H17N3. The number of nitrogens with two attached hydrogens (primary N) is 1. The van der Waals surface area contributed by atoms with Crippen molar-refractivity contribution in [1.82, 2.24) is 9.88 Å². The molecule has 1 saturated heterocycles. The number of pyridine rings is 1. The van der Waals surface area contributed by atoms with Crippen LogP contribution in [0, 0.1) is 6.92 Å². The predicted molar refractivity (Wildman–Crippen MR) is 58.0 cm³/mol. The van der Waals surface area contributed by atoms with E-state index in [0.717, 1.165) is 0 Å². The summed E-state index contributed by atoms with van der Waals surface area (Å²) < 4.78 is 0. The lowest BCUT2D eigenvalue weighted by molar-refractivity contribution is 0.316. The molecule has 1 aromatic rings. The van der Waals surface area contributed by atoms with Crippen LogP contribution in [0.2, 0.25) is 0 Å². The summed E-state index contributed by atoms with van der Waals surface area (Å²) in [5.41, 5.74) is 8.23. The first-order chi connectivity index (χ1) is 6.68. The predicted octanol–water partition coefficient (Wildman–Crippen LogP) is 1.74. The van der Waals surface area contributed by atoms with Crippen LogP contribution < -0.4 is 5.73 Å². The first kappa shape index (κ1) is 9.46. The Morgan fingerprint density at radius 3 is 2.93 bits per heavy atom. The summed E-state index contributed by atoms with van der Waals surface area (Å²) in [5, 5.41) is 0. The van der Waals surface area contributed by atoms with Crippen molar-refractivity contribution in [1.29, 1.82) is 0 Å². The van der Waals surface area contributed by atoms with Gasteiger partial charge in [-0.15, -0.1) is 0 Å². The van der Waals surface area contributed by atoms with Crippen molar-refractivity contribution >= 4 is 5.82 Å². The summed E-state index contributed by atoms with van der Waals surface area (Å²) in [6.07, 6.45) is 4.45. The lowest BCUT2D eigenvalue weighted by Gasteiger charge is -2.21. The van der Waals surface area contributed by atoms with Gasteiger partial charge in [0, 0.05) is 12.2 Å². The molecular weight excluding hydrogens is 174 g/mol. The third-order valence-corrected chi connectivity index (χ3v) is 3.05. The molecule has 0 aliphatic carbocycles. The highest BCUT2D eigenvalue weighted by atomic mass is 15.1. The highest BCUT2D eigenvalue weighted by Crippen LogP contribution is 2.31. The van der Waals surface area contributed by atoms with Crippen molar-refractivity contribution in [2.45, 2.75) is 25.8 Å². The number of rotatable bonds is 1. The van der Waals surface area contributed by atoms with Gasteiger partial charge >= 0.3 is 0 Å². The quantitative estimate of drug-likeness (QED) is 0.735. The van der Waals surface area contributed by atoms with Gasteiger partial charge in [0.2, 0.25) is 0 Å². The maximum absolute atomic E-state index is 5.64. The highest BCUT2D eigenvalue weighted by Gasteiger charge is 2.23. The number of hydrogen-bond donors (Lipinski definition) is 1. The van der Waals surface area contributed by atoms with Crippen molar-refractivity contribution in [2.75, 3.05) is 19.3 Å². The number of likely N-dealkylation sites (tertiary alicyclic amines) is 1. The second-order valence-corrected chi connectivity index (χ2v) is 4.10. The molecule has 2 N–H and O–H groups in total. The zero-order chi connectivity index (χ0) is 10.1. The van der Waals surface area contributed by atoms with Gasteiger partial charge in [-0.05, 0) is 50.6 Å². The SMILES string of the molecule is Cc1cc(N)ncc1[C@H]1CCCN1C. The van der Waals surface area contributed by atoms with Crippen LogP contribution in [-0.2, 0) is 0 Å². The van der Waals surface area contributed by atoms with Gasteiger partial charge in [-0.3, -0.25) is 4.90 Å². The third kappa shape index (κ3) is 1.60. The minimum atomic E-state index is 0.545. The van der Waals surface area contributed by atoms with E-state index in [0.29, 0.717) is 11.9 Å². The molecule has 1 atom stereocenters. The van der Waals surface area contributed by atoms with Crippen molar-refractivity contribution in [2.24, 2.45) is 0 Å². The van der Waals surface area contributed by atoms with Gasteiger partial charge in [0.1, 0.15) is 5.82 Å². The number of nitrogens with zero attached hydrogens (tertiary/aromatic N) is 2. The molecule has 0 bridgehead atoms. The minimum absolute atomic E-state index is 0.545. The molecule has 3 nitrogen and oxygen atoms in total. The molecule has 0 saturated carbocycles. The Hall–Kier alpha value is -1.09. The number of anilines is 1. The van der Waals surface area contributed by atoms with Crippen molar-refractivity contribution in [3.63, 3.8) is 0 Å². The number of aromatic nitrogens is 1. The molecule has 2 rings (SSSR count). The van der Waals surface area contributed by atoms with Gasteiger partial charge in [0.25, 0.3) is 0 Å². The van der Waals surface area contributed by atoms with Crippen molar-refractivity contribution in [3.05, 3.63) is 23.4 Å². The van der Waals surface area contributed by atoms with E-state index in [2.05, 4.69) is 23.9 Å². The lowest BCUT2D eigenvalue weighted by Crippen LogP contribution is -2.18. The lowest BCUT2D eigenvalue weighted by atomic mass is 10.0. The Kier molecular flexibility index (Phi) is 2.42. The molecule has 2 heterocycles. The van der Waals surface area contributed by atoms with Gasteiger partial charge in [-0.2, -0.15) is 0 Å². The van der Waals surface area contributed by atoms with E-state index in [4.69, 9.17) is 5.73 Å². The Balaban J connectivity index is 2.31. The molecule has 0 amide bonds. The molecule has 3 heteroatoms. The maximum Gasteiger partial charge on any atom is 0.123 e. The molecule has 0 spiro atoms. The second-order valence-electron chi connectivity index (χ2n) is 4.10. The Labute approximate surface area is 84.9 Å². The van der Waals surface area contributed by atoms with Gasteiger partial charge in [-0.1, -0.05) is 0 Å². The molecule has 0 unspecified atom stereocenters. The molecule has 1 aromatic heterocycles. The van der Waals surface area contributed by atoms with Crippen LogP contribution >= 0.6 is 0 Å². The molecule has 1 aliphatic rings. The topological polar surface area (TPSA) is 42.1 Å². The summed E-state index contributed by atoms with van der Waals surface area (Å²) in [6, 6.07) is 2.50. The van der Waals surface area contributed by atoms with E-state index in [1.54, 1.807) is 0 Å². The first-order valence-corrected chi connectivity index (χ1v) is 5.11. The maximum atomic E-state index is 5.64. The normalized spacial score (nSPS) is 22.9. The number of hydrogen-bond acceptors (Lipinski definition) is 3. The van der Waals surface area contributed by atoms with Gasteiger partial charge in [0.15, 0.2) is 0 Å². The van der Waals surface area contributed by atoms with E-state index in [1.807, 2.05) is 12.3 Å². The van der Waals surface area contributed by atoms with Gasteiger partial charge in [-0.25, -0.2) is 4.98 Å². The fraction of sp³-hybridized carbons (Fsp3) is 0.545.